The molecule has 3 aromatic carbocycles. The summed E-state index contributed by atoms with van der Waals surface area (Å²) in [6.45, 7) is 3.90. The minimum Gasteiger partial charge on any atom is -0.493 e. The van der Waals surface area contributed by atoms with Gasteiger partial charge in [-0.15, -0.1) is 0 Å². The normalized spacial score (nSPS) is 15.1. The van der Waals surface area contributed by atoms with E-state index in [0.717, 1.165) is 9.13 Å². The SMILES string of the molecule is CCOc1cc([C@@H]2NC(=O)NC(C)=C2C(=O)OC)ccc1OC[C@H](O)N/N=C\c1cc(Cl)c(OCc2ccc(I)cc2)c(OC)c1. The average molecular weight is 765 g/mol. The summed E-state index contributed by atoms with van der Waals surface area (Å²) in [7, 11) is 2.79. The fourth-order valence-electron chi connectivity index (χ4n) is 4.51. The summed E-state index contributed by atoms with van der Waals surface area (Å²) in [5.41, 5.74) is 5.43. The Morgan fingerprint density at radius 3 is 2.54 bits per heavy atom. The smallest absolute Gasteiger partial charge is 0.337 e. The Hall–Kier alpha value is -4.21. The van der Waals surface area contributed by atoms with E-state index >= 15 is 0 Å². The Kier molecular flexibility index (Phi) is 12.3. The highest BCUT2D eigenvalue weighted by Gasteiger charge is 2.32. The first kappa shape index (κ1) is 34.7. The molecule has 0 bridgehead atoms. The standard InChI is InChI=1S/C32H34ClIN4O8/c1-5-44-25-14-21(29-28(31(40)43-4)18(2)36-32(41)37-29)8-11-24(25)45-17-27(39)38-35-15-20-12-23(33)30(26(13-20)42-3)46-16-19-6-9-22(34)10-7-19/h6-15,27,29,38-39H,5,16-17H2,1-4H3,(H2,36,37,41)/b35-15-/t27-,29-/m0/s1. The van der Waals surface area contributed by atoms with Crippen molar-refractivity contribution in [2.75, 3.05) is 27.4 Å². The van der Waals surface area contributed by atoms with Crippen LogP contribution < -0.4 is 35.0 Å². The molecule has 0 unspecified atom stereocenters. The number of allylic oxidation sites excluding steroid dienone is 1. The lowest BCUT2D eigenvalue weighted by Gasteiger charge is -2.28. The first-order chi connectivity index (χ1) is 22.1. The van der Waals surface area contributed by atoms with Crippen LogP contribution >= 0.6 is 34.2 Å². The van der Waals surface area contributed by atoms with E-state index in [-0.39, 0.29) is 12.2 Å². The van der Waals surface area contributed by atoms with Crippen LogP contribution in [-0.4, -0.2) is 57.0 Å². The number of carbonyl (C=O) groups excluding carboxylic acids is 2. The largest absolute Gasteiger partial charge is 0.493 e. The highest BCUT2D eigenvalue weighted by Crippen LogP contribution is 2.37. The van der Waals surface area contributed by atoms with Crippen LogP contribution in [0.2, 0.25) is 5.02 Å². The van der Waals surface area contributed by atoms with Crippen molar-refractivity contribution in [3.8, 4) is 23.0 Å². The number of methoxy groups -OCH3 is 2. The molecule has 0 radical (unpaired) electrons. The number of nitrogens with zero attached hydrogens (tertiary/aromatic N) is 1. The number of urea groups is 1. The predicted octanol–water partition coefficient (Wildman–Crippen LogP) is 5.05. The molecule has 2 amide bonds. The molecule has 244 valence electrons. The fraction of sp³-hybridized carbons (Fsp3) is 0.281. The molecule has 14 heteroatoms. The molecule has 3 aromatic rings. The van der Waals surface area contributed by atoms with Gasteiger partial charge < -0.3 is 39.4 Å². The van der Waals surface area contributed by atoms with Crippen LogP contribution in [0, 0.1) is 3.57 Å². The summed E-state index contributed by atoms with van der Waals surface area (Å²) in [6.07, 6.45) is 0.294. The highest BCUT2D eigenvalue weighted by atomic mass is 127. The van der Waals surface area contributed by atoms with Gasteiger partial charge in [-0.1, -0.05) is 29.8 Å². The molecule has 4 rings (SSSR count). The monoisotopic (exact) mass is 764 g/mol. The summed E-state index contributed by atoms with van der Waals surface area (Å²) in [5.74, 6) is 0.965. The van der Waals surface area contributed by atoms with E-state index in [9.17, 15) is 14.7 Å². The molecule has 1 heterocycles. The quantitative estimate of drug-likeness (QED) is 0.0582. The number of hydrogen-bond donors (Lipinski definition) is 4. The zero-order valence-corrected chi connectivity index (χ0v) is 28.5. The number of ether oxygens (including phenoxy) is 5. The van der Waals surface area contributed by atoms with Gasteiger partial charge in [-0.3, -0.25) is 5.43 Å². The van der Waals surface area contributed by atoms with Gasteiger partial charge in [0.2, 0.25) is 0 Å². The minimum absolute atomic E-state index is 0.178. The molecule has 46 heavy (non-hydrogen) atoms. The first-order valence-electron chi connectivity index (χ1n) is 14.1. The number of esters is 1. The van der Waals surface area contributed by atoms with E-state index < -0.39 is 24.3 Å². The second-order valence-electron chi connectivity index (χ2n) is 9.86. The van der Waals surface area contributed by atoms with Gasteiger partial charge in [0.1, 0.15) is 13.2 Å². The third-order valence-electron chi connectivity index (χ3n) is 6.66. The number of aliphatic hydroxyl groups excluding tert-OH is 1. The van der Waals surface area contributed by atoms with Crippen molar-refractivity contribution < 1.29 is 38.4 Å². The summed E-state index contributed by atoms with van der Waals surface area (Å²) in [5, 5.41) is 20.2. The molecule has 0 saturated heterocycles. The van der Waals surface area contributed by atoms with Crippen molar-refractivity contribution in [2.45, 2.75) is 32.7 Å². The molecule has 0 fully saturated rings. The van der Waals surface area contributed by atoms with Crippen LogP contribution in [0.1, 0.15) is 36.6 Å². The fourth-order valence-corrected chi connectivity index (χ4v) is 5.14. The zero-order chi connectivity index (χ0) is 33.2. The number of hydrogen-bond acceptors (Lipinski definition) is 10. The maximum absolute atomic E-state index is 12.5. The van der Waals surface area contributed by atoms with Crippen LogP contribution in [0.4, 0.5) is 4.79 Å². The first-order valence-corrected chi connectivity index (χ1v) is 15.6. The number of rotatable bonds is 14. The second-order valence-corrected chi connectivity index (χ2v) is 11.5. The molecule has 4 N–H and O–H groups in total. The van der Waals surface area contributed by atoms with E-state index in [0.29, 0.717) is 58.1 Å². The van der Waals surface area contributed by atoms with Gasteiger partial charge in [0, 0.05) is 9.27 Å². The van der Waals surface area contributed by atoms with E-state index in [2.05, 4.69) is 43.8 Å². The maximum atomic E-state index is 12.5. The summed E-state index contributed by atoms with van der Waals surface area (Å²) >= 11 is 8.73. The van der Waals surface area contributed by atoms with E-state index in [1.165, 1.54) is 20.4 Å². The van der Waals surface area contributed by atoms with Crippen molar-refractivity contribution in [3.63, 3.8) is 0 Å². The predicted molar refractivity (Wildman–Crippen MR) is 180 cm³/mol. The number of aliphatic hydroxyl groups is 1. The molecule has 12 nitrogen and oxygen atoms in total. The molecule has 2 atom stereocenters. The molecule has 0 spiro atoms. The number of carbonyl (C=O) groups is 2. The topological polar surface area (TPSA) is 149 Å². The Bertz CT molecular complexity index is 1620. The van der Waals surface area contributed by atoms with Gasteiger partial charge >= 0.3 is 12.0 Å². The van der Waals surface area contributed by atoms with Gasteiger partial charge in [-0.05, 0) is 89.5 Å². The number of hydrazone groups is 1. The molecule has 1 aliphatic rings. The molecule has 1 aliphatic heterocycles. The zero-order valence-electron chi connectivity index (χ0n) is 25.6. The Morgan fingerprint density at radius 1 is 1.09 bits per heavy atom. The van der Waals surface area contributed by atoms with Crippen molar-refractivity contribution >= 4 is 52.4 Å². The Morgan fingerprint density at radius 2 is 1.85 bits per heavy atom. The van der Waals surface area contributed by atoms with Gasteiger partial charge in [0.15, 0.2) is 29.2 Å². The van der Waals surface area contributed by atoms with Crippen molar-refractivity contribution in [3.05, 3.63) is 91.2 Å². The van der Waals surface area contributed by atoms with Crippen LogP contribution in [0.15, 0.2) is 71.0 Å². The third kappa shape index (κ3) is 8.95. The van der Waals surface area contributed by atoms with Gasteiger partial charge in [-0.25, -0.2) is 9.59 Å². The van der Waals surface area contributed by atoms with Crippen LogP contribution in [0.3, 0.4) is 0 Å². The Balaban J connectivity index is 1.38. The van der Waals surface area contributed by atoms with E-state index in [1.807, 2.05) is 31.2 Å². The molecule has 0 aromatic heterocycles. The maximum Gasteiger partial charge on any atom is 0.337 e. The lowest BCUT2D eigenvalue weighted by Crippen LogP contribution is -2.45. The lowest BCUT2D eigenvalue weighted by atomic mass is 9.95. The van der Waals surface area contributed by atoms with E-state index in [1.54, 1.807) is 37.3 Å². The summed E-state index contributed by atoms with van der Waals surface area (Å²) < 4.78 is 29.0. The summed E-state index contributed by atoms with van der Waals surface area (Å²) in [4.78, 5) is 24.6. The molecular weight excluding hydrogens is 731 g/mol. The molecule has 0 saturated carbocycles. The van der Waals surface area contributed by atoms with Crippen LogP contribution in [0.25, 0.3) is 0 Å². The average Bonchev–Trinajstić information content (AvgIpc) is 3.03. The van der Waals surface area contributed by atoms with Crippen LogP contribution in [-0.2, 0) is 16.1 Å². The third-order valence-corrected chi connectivity index (χ3v) is 7.66. The van der Waals surface area contributed by atoms with E-state index in [4.69, 9.17) is 35.3 Å². The number of benzene rings is 3. The van der Waals surface area contributed by atoms with Gasteiger partial charge in [0.05, 0.1) is 43.7 Å². The second kappa shape index (κ2) is 16.4. The Labute approximate surface area is 285 Å². The number of nitrogens with one attached hydrogen (secondary N) is 3. The van der Waals surface area contributed by atoms with Crippen molar-refractivity contribution in [2.24, 2.45) is 5.10 Å². The lowest BCUT2D eigenvalue weighted by molar-refractivity contribution is -0.136. The minimum atomic E-state index is -1.18. The molecule has 0 aliphatic carbocycles. The van der Waals surface area contributed by atoms with Gasteiger partial charge in [0.25, 0.3) is 0 Å². The summed E-state index contributed by atoms with van der Waals surface area (Å²) in [6, 6.07) is 15.1. The number of halogens is 2. The van der Waals surface area contributed by atoms with Gasteiger partial charge in [-0.2, -0.15) is 5.10 Å². The molecular formula is C32H34ClIN4O8. The van der Waals surface area contributed by atoms with Crippen molar-refractivity contribution in [1.29, 1.82) is 0 Å². The number of amides is 2. The van der Waals surface area contributed by atoms with Crippen molar-refractivity contribution in [1.82, 2.24) is 16.1 Å². The van der Waals surface area contributed by atoms with Crippen LogP contribution in [0.5, 0.6) is 23.0 Å². The highest BCUT2D eigenvalue weighted by molar-refractivity contribution is 14.1.